The zero-order valence-electron chi connectivity index (χ0n) is 18.2. The van der Waals surface area contributed by atoms with Crippen LogP contribution in [0.25, 0.3) is 0 Å². The van der Waals surface area contributed by atoms with Crippen LogP contribution in [0.1, 0.15) is 33.8 Å². The summed E-state index contributed by atoms with van der Waals surface area (Å²) in [7, 11) is 2.86. The molecule has 3 aromatic rings. The lowest BCUT2D eigenvalue weighted by atomic mass is 10.0. The van der Waals surface area contributed by atoms with Crippen LogP contribution in [-0.4, -0.2) is 28.1 Å². The number of hydrogen-bond acceptors (Lipinski definition) is 7. The molecule has 2 aromatic heterocycles. The van der Waals surface area contributed by atoms with Crippen molar-refractivity contribution in [2.45, 2.75) is 38.2 Å². The molecule has 0 unspecified atom stereocenters. The third-order valence-electron chi connectivity index (χ3n) is 4.96. The van der Waals surface area contributed by atoms with Crippen molar-refractivity contribution in [1.82, 2.24) is 14.7 Å². The number of nitrogens with zero attached hydrogens (tertiary/aromatic N) is 3. The van der Waals surface area contributed by atoms with Crippen molar-refractivity contribution in [1.29, 1.82) is 0 Å². The third-order valence-corrected chi connectivity index (χ3v) is 5.69. The van der Waals surface area contributed by atoms with E-state index in [1.165, 1.54) is 14.2 Å². The van der Waals surface area contributed by atoms with Crippen LogP contribution in [0.3, 0.4) is 0 Å². The SMILES string of the molecule is COc1ccc(Cc2c(C(F)(F)F)nc(SC)n(C)c2=O)cc1OCc1c(C)noc1C. The Morgan fingerprint density at radius 1 is 1.19 bits per heavy atom. The molecule has 0 saturated carbocycles. The van der Waals surface area contributed by atoms with E-state index in [-0.39, 0.29) is 18.2 Å². The van der Waals surface area contributed by atoms with Crippen molar-refractivity contribution < 1.29 is 27.2 Å². The summed E-state index contributed by atoms with van der Waals surface area (Å²) in [5, 5.41) is 3.86. The maximum Gasteiger partial charge on any atom is 0.433 e. The number of aryl methyl sites for hydroxylation is 2. The van der Waals surface area contributed by atoms with Gasteiger partial charge in [0.25, 0.3) is 5.56 Å². The van der Waals surface area contributed by atoms with E-state index in [1.54, 1.807) is 38.3 Å². The monoisotopic (exact) mass is 469 g/mol. The number of rotatable bonds is 7. The van der Waals surface area contributed by atoms with Crippen LogP contribution in [0.5, 0.6) is 11.5 Å². The van der Waals surface area contributed by atoms with E-state index >= 15 is 0 Å². The summed E-state index contributed by atoms with van der Waals surface area (Å²) in [6, 6.07) is 4.72. The molecule has 0 amide bonds. The predicted octanol–water partition coefficient (Wildman–Crippen LogP) is 4.30. The molecular weight excluding hydrogens is 447 g/mol. The first-order valence-electron chi connectivity index (χ1n) is 9.49. The second-order valence-electron chi connectivity index (χ2n) is 7.04. The minimum Gasteiger partial charge on any atom is -0.493 e. The van der Waals surface area contributed by atoms with Gasteiger partial charge < -0.3 is 14.0 Å². The fourth-order valence-electron chi connectivity index (χ4n) is 3.21. The molecule has 0 spiro atoms. The minimum absolute atomic E-state index is 0.00992. The van der Waals surface area contributed by atoms with Crippen LogP contribution in [0.15, 0.2) is 32.7 Å². The summed E-state index contributed by atoms with van der Waals surface area (Å²) >= 11 is 0.972. The maximum atomic E-state index is 13.7. The summed E-state index contributed by atoms with van der Waals surface area (Å²) in [6.07, 6.45) is -3.47. The second kappa shape index (κ2) is 9.27. The van der Waals surface area contributed by atoms with Gasteiger partial charge in [0.1, 0.15) is 12.4 Å². The molecule has 0 fully saturated rings. The third kappa shape index (κ3) is 4.77. The van der Waals surface area contributed by atoms with E-state index < -0.39 is 23.0 Å². The van der Waals surface area contributed by atoms with Gasteiger partial charge in [0.05, 0.1) is 23.9 Å². The molecule has 0 atom stereocenters. The normalized spacial score (nSPS) is 11.6. The number of thioether (sulfide) groups is 1. The molecule has 0 bridgehead atoms. The minimum atomic E-state index is -4.76. The van der Waals surface area contributed by atoms with E-state index in [2.05, 4.69) is 10.1 Å². The molecular formula is C21H22F3N3O4S. The fourth-order valence-corrected chi connectivity index (χ4v) is 3.75. The highest BCUT2D eigenvalue weighted by atomic mass is 32.2. The summed E-state index contributed by atoms with van der Waals surface area (Å²) in [5.74, 6) is 1.33. The predicted molar refractivity (Wildman–Crippen MR) is 112 cm³/mol. The Morgan fingerprint density at radius 3 is 2.47 bits per heavy atom. The Labute approximate surface area is 186 Å². The maximum absolute atomic E-state index is 13.7. The van der Waals surface area contributed by atoms with Gasteiger partial charge in [-0.3, -0.25) is 9.36 Å². The molecule has 1 aromatic carbocycles. The lowest BCUT2D eigenvalue weighted by Gasteiger charge is -2.16. The number of methoxy groups -OCH3 is 1. The topological polar surface area (TPSA) is 79.4 Å². The van der Waals surface area contributed by atoms with E-state index in [1.807, 2.05) is 0 Å². The van der Waals surface area contributed by atoms with Gasteiger partial charge >= 0.3 is 6.18 Å². The molecule has 0 aliphatic rings. The number of aromatic nitrogens is 3. The largest absolute Gasteiger partial charge is 0.493 e. The first-order valence-corrected chi connectivity index (χ1v) is 10.7. The van der Waals surface area contributed by atoms with E-state index in [0.717, 1.165) is 21.9 Å². The zero-order chi connectivity index (χ0) is 23.6. The molecule has 0 radical (unpaired) electrons. The number of halogens is 3. The van der Waals surface area contributed by atoms with Crippen molar-refractivity contribution in [2.24, 2.45) is 7.05 Å². The molecule has 2 heterocycles. The second-order valence-corrected chi connectivity index (χ2v) is 7.81. The highest BCUT2D eigenvalue weighted by Crippen LogP contribution is 2.34. The molecule has 7 nitrogen and oxygen atoms in total. The average molecular weight is 469 g/mol. The van der Waals surface area contributed by atoms with Gasteiger partial charge in [0.2, 0.25) is 0 Å². The van der Waals surface area contributed by atoms with Gasteiger partial charge in [0.15, 0.2) is 22.3 Å². The molecule has 32 heavy (non-hydrogen) atoms. The van der Waals surface area contributed by atoms with Gasteiger partial charge in [-0.05, 0) is 37.8 Å². The molecule has 0 saturated heterocycles. The lowest BCUT2D eigenvalue weighted by Crippen LogP contribution is -2.29. The van der Waals surface area contributed by atoms with Crippen LogP contribution >= 0.6 is 11.8 Å². The Morgan fingerprint density at radius 2 is 1.91 bits per heavy atom. The van der Waals surface area contributed by atoms with Crippen molar-refractivity contribution in [3.63, 3.8) is 0 Å². The van der Waals surface area contributed by atoms with Crippen LogP contribution < -0.4 is 15.0 Å². The standard InChI is InChI=1S/C21H22F3N3O4S/c1-11-15(12(2)31-26-11)10-30-17-9-13(6-7-16(17)29-4)8-14-18(21(22,23)24)25-20(32-5)27(3)19(14)28/h6-7,9H,8,10H2,1-5H3. The summed E-state index contributed by atoms with van der Waals surface area (Å²) in [5.41, 5.74) is -0.469. The highest BCUT2D eigenvalue weighted by molar-refractivity contribution is 7.98. The molecule has 0 aliphatic heterocycles. The highest BCUT2D eigenvalue weighted by Gasteiger charge is 2.37. The Bertz CT molecular complexity index is 1170. The smallest absolute Gasteiger partial charge is 0.433 e. The van der Waals surface area contributed by atoms with Gasteiger partial charge in [-0.25, -0.2) is 4.98 Å². The summed E-state index contributed by atoms with van der Waals surface area (Å²) in [6.45, 7) is 3.68. The van der Waals surface area contributed by atoms with E-state index in [4.69, 9.17) is 14.0 Å². The van der Waals surface area contributed by atoms with Gasteiger partial charge in [0, 0.05) is 13.5 Å². The van der Waals surface area contributed by atoms with Crippen LogP contribution in [0.2, 0.25) is 0 Å². The Hall–Kier alpha value is -2.95. The molecule has 3 rings (SSSR count). The van der Waals surface area contributed by atoms with E-state index in [0.29, 0.717) is 28.5 Å². The number of ether oxygens (including phenoxy) is 2. The number of alkyl halides is 3. The zero-order valence-corrected chi connectivity index (χ0v) is 19.0. The fraction of sp³-hybridized carbons (Fsp3) is 0.381. The van der Waals surface area contributed by atoms with Crippen LogP contribution in [0.4, 0.5) is 13.2 Å². The average Bonchev–Trinajstić information content (AvgIpc) is 3.06. The van der Waals surface area contributed by atoms with E-state index in [9.17, 15) is 18.0 Å². The lowest BCUT2D eigenvalue weighted by molar-refractivity contribution is -0.142. The first kappa shape index (κ1) is 23.7. The van der Waals surface area contributed by atoms with Gasteiger partial charge in [-0.15, -0.1) is 0 Å². The van der Waals surface area contributed by atoms with Crippen molar-refractivity contribution >= 4 is 11.8 Å². The number of benzene rings is 1. The molecule has 172 valence electrons. The quantitative estimate of drug-likeness (QED) is 0.377. The summed E-state index contributed by atoms with van der Waals surface area (Å²) < 4.78 is 58.3. The van der Waals surface area contributed by atoms with Crippen molar-refractivity contribution in [3.05, 3.63) is 62.4 Å². The molecule has 0 N–H and O–H groups in total. The van der Waals surface area contributed by atoms with Gasteiger partial charge in [-0.1, -0.05) is 23.0 Å². The van der Waals surface area contributed by atoms with Crippen LogP contribution in [-0.2, 0) is 26.3 Å². The first-order chi connectivity index (χ1) is 15.1. The number of hydrogen-bond donors (Lipinski definition) is 0. The van der Waals surface area contributed by atoms with Crippen molar-refractivity contribution in [3.8, 4) is 11.5 Å². The van der Waals surface area contributed by atoms with Gasteiger partial charge in [-0.2, -0.15) is 13.2 Å². The van der Waals surface area contributed by atoms with Crippen LogP contribution in [0, 0.1) is 13.8 Å². The Kier molecular flexibility index (Phi) is 6.87. The molecule has 0 aliphatic carbocycles. The summed E-state index contributed by atoms with van der Waals surface area (Å²) in [4.78, 5) is 16.4. The Balaban J connectivity index is 1.99. The van der Waals surface area contributed by atoms with Crippen molar-refractivity contribution in [2.75, 3.05) is 13.4 Å². The molecule has 11 heteroatoms.